The number of allylic oxidation sites excluding steroid dienone is 1. The lowest BCUT2D eigenvalue weighted by Crippen LogP contribution is -2.51. The fourth-order valence-electron chi connectivity index (χ4n) is 5.72. The number of nitrogens with one attached hydrogen (secondary N) is 2. The fraction of sp³-hybridized carbons (Fsp3) is 0.483. The molecule has 11 heteroatoms. The quantitative estimate of drug-likeness (QED) is 0.431. The number of fused-ring (bicyclic) bond motifs is 1. The Hall–Kier alpha value is -3.99. The van der Waals surface area contributed by atoms with E-state index in [2.05, 4.69) is 22.3 Å². The summed E-state index contributed by atoms with van der Waals surface area (Å²) in [4.78, 5) is 54.3. The molecule has 2 saturated heterocycles. The Morgan fingerprint density at radius 2 is 1.93 bits per heavy atom. The van der Waals surface area contributed by atoms with Crippen LogP contribution in [0.4, 0.5) is 5.69 Å². The van der Waals surface area contributed by atoms with Gasteiger partial charge in [0.25, 0.3) is 17.7 Å². The first-order chi connectivity index (χ1) is 19.1. The number of benzene rings is 1. The molecule has 11 nitrogen and oxygen atoms in total. The van der Waals surface area contributed by atoms with E-state index >= 15 is 0 Å². The van der Waals surface area contributed by atoms with Crippen molar-refractivity contribution in [3.63, 3.8) is 0 Å². The predicted molar refractivity (Wildman–Crippen MR) is 147 cm³/mol. The first-order valence-electron chi connectivity index (χ1n) is 13.9. The number of nitrogens with zero attached hydrogens (tertiary/aromatic N) is 4. The van der Waals surface area contributed by atoms with Gasteiger partial charge in [0.05, 0.1) is 23.4 Å². The molecule has 0 bridgehead atoms. The Balaban J connectivity index is 1.20. The van der Waals surface area contributed by atoms with Crippen molar-refractivity contribution in [2.45, 2.75) is 70.7 Å². The molecule has 0 saturated carbocycles. The van der Waals surface area contributed by atoms with E-state index in [1.54, 1.807) is 29.3 Å². The van der Waals surface area contributed by atoms with Gasteiger partial charge in [-0.3, -0.25) is 28.8 Å². The van der Waals surface area contributed by atoms with Gasteiger partial charge in [0, 0.05) is 42.8 Å². The van der Waals surface area contributed by atoms with Gasteiger partial charge in [-0.05, 0) is 50.2 Å². The fourth-order valence-corrected chi connectivity index (χ4v) is 5.72. The Kier molecular flexibility index (Phi) is 7.75. The first kappa shape index (κ1) is 27.6. The van der Waals surface area contributed by atoms with Crippen LogP contribution in [0.25, 0.3) is 0 Å². The second-order valence-electron chi connectivity index (χ2n) is 11.2. The second kappa shape index (κ2) is 11.2. The van der Waals surface area contributed by atoms with Gasteiger partial charge in [-0.25, -0.2) is 0 Å². The average molecular weight is 549 g/mol. The Morgan fingerprint density at radius 3 is 2.62 bits per heavy atom. The highest BCUT2D eigenvalue weighted by Crippen LogP contribution is 2.33. The third-order valence-corrected chi connectivity index (χ3v) is 7.85. The second-order valence-corrected chi connectivity index (χ2v) is 11.2. The summed E-state index contributed by atoms with van der Waals surface area (Å²) in [6, 6.07) is 4.36. The van der Waals surface area contributed by atoms with Gasteiger partial charge in [-0.15, -0.1) is 0 Å². The molecule has 1 aromatic carbocycles. The van der Waals surface area contributed by atoms with Crippen LogP contribution in [0.15, 0.2) is 42.9 Å². The number of aliphatic hydroxyl groups is 1. The van der Waals surface area contributed by atoms with Gasteiger partial charge in [0.2, 0.25) is 5.91 Å². The monoisotopic (exact) mass is 548 g/mol. The van der Waals surface area contributed by atoms with Crippen LogP contribution in [-0.4, -0.2) is 73.6 Å². The lowest BCUT2D eigenvalue weighted by atomic mass is 10.0. The predicted octanol–water partition coefficient (Wildman–Crippen LogP) is 2.45. The van der Waals surface area contributed by atoms with Crippen LogP contribution >= 0.6 is 0 Å². The highest BCUT2D eigenvalue weighted by molar-refractivity contribution is 6.25. The van der Waals surface area contributed by atoms with Crippen molar-refractivity contribution in [1.29, 1.82) is 0 Å². The van der Waals surface area contributed by atoms with Crippen molar-refractivity contribution in [1.82, 2.24) is 24.9 Å². The number of rotatable bonds is 8. The molecule has 4 amide bonds. The van der Waals surface area contributed by atoms with Gasteiger partial charge >= 0.3 is 0 Å². The molecular formula is C29H36N6O5. The average Bonchev–Trinajstić information content (AvgIpc) is 3.50. The summed E-state index contributed by atoms with van der Waals surface area (Å²) in [5.74, 6) is -1.29. The zero-order chi connectivity index (χ0) is 28.6. The highest BCUT2D eigenvalue weighted by atomic mass is 16.3. The number of aliphatic hydroxyl groups excluding tert-OH is 1. The van der Waals surface area contributed by atoms with Crippen molar-refractivity contribution in [2.75, 3.05) is 18.4 Å². The normalized spacial score (nSPS) is 20.6. The molecule has 0 spiro atoms. The minimum Gasteiger partial charge on any atom is -0.383 e. The number of aromatic nitrogens is 2. The molecule has 3 N–H and O–H groups in total. The third kappa shape index (κ3) is 5.38. The lowest BCUT2D eigenvalue weighted by molar-refractivity contribution is -0.142. The van der Waals surface area contributed by atoms with E-state index < -0.39 is 29.9 Å². The summed E-state index contributed by atoms with van der Waals surface area (Å²) in [6.45, 7) is 9.27. The van der Waals surface area contributed by atoms with E-state index in [9.17, 15) is 24.3 Å². The number of piperidine rings is 2. The summed E-state index contributed by atoms with van der Waals surface area (Å²) < 4.78 is 1.91. The molecular weight excluding hydrogens is 512 g/mol. The maximum Gasteiger partial charge on any atom is 0.264 e. The van der Waals surface area contributed by atoms with Crippen LogP contribution in [0.1, 0.15) is 78.3 Å². The number of anilines is 1. The largest absolute Gasteiger partial charge is 0.383 e. The van der Waals surface area contributed by atoms with E-state index in [1.807, 2.05) is 24.7 Å². The zero-order valence-electron chi connectivity index (χ0n) is 22.9. The van der Waals surface area contributed by atoms with Crippen LogP contribution in [0.2, 0.25) is 0 Å². The van der Waals surface area contributed by atoms with Crippen LogP contribution in [0, 0.1) is 5.92 Å². The maximum atomic E-state index is 13.3. The maximum absolute atomic E-state index is 13.3. The molecule has 3 aliphatic rings. The number of hydrogen-bond donors (Lipinski definition) is 3. The van der Waals surface area contributed by atoms with E-state index in [-0.39, 0.29) is 29.0 Å². The highest BCUT2D eigenvalue weighted by Gasteiger charge is 2.45. The molecule has 1 aromatic heterocycles. The zero-order valence-corrected chi connectivity index (χ0v) is 22.9. The molecule has 2 fully saturated rings. The SMILES string of the molecule is C=C1CCC(N2C(=O)c3cccc(NCc4cnn(C5CCN(C(=O)[C@H](O)CC(C)C)CC5)c4)c3C2=O)C(=O)N1. The number of hydrogen-bond acceptors (Lipinski definition) is 7. The van der Waals surface area contributed by atoms with Crippen LogP contribution < -0.4 is 10.6 Å². The van der Waals surface area contributed by atoms with Gasteiger partial charge in [0.15, 0.2) is 0 Å². The molecule has 212 valence electrons. The van der Waals surface area contributed by atoms with E-state index in [1.165, 1.54) is 0 Å². The molecule has 4 heterocycles. The van der Waals surface area contributed by atoms with Crippen molar-refractivity contribution in [3.05, 3.63) is 59.6 Å². The summed E-state index contributed by atoms with van der Waals surface area (Å²) in [5, 5.41) is 20.6. The number of carbonyl (C=O) groups is 4. The van der Waals surface area contributed by atoms with Gasteiger partial charge in [-0.1, -0.05) is 26.5 Å². The molecule has 0 aliphatic carbocycles. The van der Waals surface area contributed by atoms with E-state index in [4.69, 9.17) is 0 Å². The summed E-state index contributed by atoms with van der Waals surface area (Å²) >= 11 is 0. The number of amides is 4. The summed E-state index contributed by atoms with van der Waals surface area (Å²) in [6.07, 6.45) is 5.57. The minimum absolute atomic E-state index is 0.145. The van der Waals surface area contributed by atoms with Crippen molar-refractivity contribution < 1.29 is 24.3 Å². The Morgan fingerprint density at radius 1 is 1.18 bits per heavy atom. The van der Waals surface area contributed by atoms with Crippen molar-refractivity contribution in [2.24, 2.45) is 5.92 Å². The lowest BCUT2D eigenvalue weighted by Gasteiger charge is -2.33. The molecule has 2 aromatic rings. The smallest absolute Gasteiger partial charge is 0.264 e. The molecule has 40 heavy (non-hydrogen) atoms. The first-order valence-corrected chi connectivity index (χ1v) is 13.9. The van der Waals surface area contributed by atoms with Crippen LogP contribution in [0.5, 0.6) is 0 Å². The van der Waals surface area contributed by atoms with Crippen LogP contribution in [0.3, 0.4) is 0 Å². The Labute approximate surface area is 233 Å². The molecule has 2 atom stereocenters. The van der Waals surface area contributed by atoms with Gasteiger partial charge < -0.3 is 20.6 Å². The van der Waals surface area contributed by atoms with Gasteiger partial charge in [-0.2, -0.15) is 5.10 Å². The number of carbonyl (C=O) groups excluding carboxylic acids is 4. The van der Waals surface area contributed by atoms with E-state index in [0.29, 0.717) is 50.3 Å². The molecule has 1 unspecified atom stereocenters. The molecule has 3 aliphatic heterocycles. The van der Waals surface area contributed by atoms with E-state index in [0.717, 1.165) is 23.3 Å². The van der Waals surface area contributed by atoms with Crippen LogP contribution in [-0.2, 0) is 16.1 Å². The van der Waals surface area contributed by atoms with Crippen molar-refractivity contribution >= 4 is 29.3 Å². The van der Waals surface area contributed by atoms with Gasteiger partial charge in [0.1, 0.15) is 12.1 Å². The topological polar surface area (TPSA) is 137 Å². The number of imide groups is 1. The summed E-state index contributed by atoms with van der Waals surface area (Å²) in [7, 11) is 0. The minimum atomic E-state index is -0.951. The number of likely N-dealkylation sites (tertiary alicyclic amines) is 1. The molecule has 5 rings (SSSR count). The third-order valence-electron chi connectivity index (χ3n) is 7.85. The Bertz CT molecular complexity index is 1340. The summed E-state index contributed by atoms with van der Waals surface area (Å²) in [5.41, 5.74) is 2.57. The standard InChI is InChI=1S/C29H36N6O5/c1-17(2)13-24(36)28(39)33-11-9-20(10-12-33)34-16-19(15-31-34)14-30-22-6-4-5-21-25(22)29(40)35(27(21)38)23-8-7-18(3)32-26(23)37/h4-6,15-17,20,23-24,30,36H,3,7-14H2,1-2H3,(H,32,37)/t23?,24-/m1/s1. The molecule has 0 radical (unpaired) electrons. The van der Waals surface area contributed by atoms with Crippen molar-refractivity contribution in [3.8, 4) is 0 Å².